The number of aromatic nitrogens is 7. The van der Waals surface area contributed by atoms with Crippen LogP contribution >= 0.6 is 0 Å². The molecular formula is C77H50N8. The lowest BCUT2D eigenvalue weighted by Gasteiger charge is -2.21. The highest BCUT2D eigenvalue weighted by Crippen LogP contribution is 2.46. The van der Waals surface area contributed by atoms with Crippen LogP contribution in [-0.2, 0) is 0 Å². The number of pyridine rings is 1. The number of aryl methyl sites for hydroxylation is 2. The van der Waals surface area contributed by atoms with E-state index in [4.69, 9.17) is 19.9 Å². The molecule has 0 amide bonds. The first-order chi connectivity index (χ1) is 41.9. The highest BCUT2D eigenvalue weighted by atomic mass is 15.1. The fourth-order valence-corrected chi connectivity index (χ4v) is 12.8. The summed E-state index contributed by atoms with van der Waals surface area (Å²) in [6, 6.07) is 96.3. The zero-order valence-electron chi connectivity index (χ0n) is 46.5. The lowest BCUT2D eigenvalue weighted by molar-refractivity contribution is 1.07. The van der Waals surface area contributed by atoms with E-state index in [-0.39, 0.29) is 0 Å². The van der Waals surface area contributed by atoms with Gasteiger partial charge in [-0.3, -0.25) is 4.57 Å². The molecule has 398 valence electrons. The summed E-state index contributed by atoms with van der Waals surface area (Å²) in [5, 5.41) is 17.1. The van der Waals surface area contributed by atoms with Gasteiger partial charge in [0, 0.05) is 71.5 Å². The van der Waals surface area contributed by atoms with Crippen molar-refractivity contribution < 1.29 is 0 Å². The number of hydrogen-bond donors (Lipinski definition) is 0. The molecule has 8 heteroatoms. The fraction of sp³-hybridized carbons (Fsp3) is 0.0260. The second-order valence-corrected chi connectivity index (χ2v) is 21.9. The Labute approximate surface area is 490 Å². The molecule has 5 aromatic heterocycles. The van der Waals surface area contributed by atoms with E-state index in [1.807, 2.05) is 72.8 Å². The average molecular weight is 1090 g/mol. The van der Waals surface area contributed by atoms with E-state index in [2.05, 4.69) is 228 Å². The van der Waals surface area contributed by atoms with Crippen LogP contribution in [-0.4, -0.2) is 33.6 Å². The maximum absolute atomic E-state index is 10.2. The third-order valence-corrected chi connectivity index (χ3v) is 16.7. The molecule has 0 atom stereocenters. The van der Waals surface area contributed by atoms with E-state index in [0.717, 1.165) is 105 Å². The van der Waals surface area contributed by atoms with Crippen molar-refractivity contribution in [1.82, 2.24) is 33.6 Å². The van der Waals surface area contributed by atoms with Crippen molar-refractivity contribution in [3.8, 4) is 90.9 Å². The molecule has 0 bridgehead atoms. The highest BCUT2D eigenvalue weighted by Gasteiger charge is 2.26. The third kappa shape index (κ3) is 8.20. The molecule has 0 unspecified atom stereocenters. The molecule has 11 aromatic carbocycles. The van der Waals surface area contributed by atoms with Crippen LogP contribution in [0.5, 0.6) is 0 Å². The van der Waals surface area contributed by atoms with Gasteiger partial charge in [0.25, 0.3) is 0 Å². The predicted molar refractivity (Wildman–Crippen MR) is 347 cm³/mol. The molecule has 0 saturated carbocycles. The van der Waals surface area contributed by atoms with Crippen molar-refractivity contribution in [1.29, 1.82) is 5.26 Å². The molecule has 8 nitrogen and oxygen atoms in total. The van der Waals surface area contributed by atoms with Crippen molar-refractivity contribution in [2.75, 3.05) is 0 Å². The number of para-hydroxylation sites is 3. The minimum Gasteiger partial charge on any atom is -0.309 e. The van der Waals surface area contributed by atoms with E-state index in [1.165, 1.54) is 32.7 Å². The van der Waals surface area contributed by atoms with E-state index >= 15 is 0 Å². The normalized spacial score (nSPS) is 11.6. The quantitative estimate of drug-likeness (QED) is 0.144. The minimum absolute atomic E-state index is 0.540. The zero-order valence-corrected chi connectivity index (χ0v) is 46.5. The molecule has 0 saturated heterocycles. The van der Waals surface area contributed by atoms with Gasteiger partial charge in [0.15, 0.2) is 17.5 Å². The lowest BCUT2D eigenvalue weighted by atomic mass is 9.88. The summed E-state index contributed by atoms with van der Waals surface area (Å²) in [6.07, 6.45) is 0. The van der Waals surface area contributed by atoms with E-state index in [0.29, 0.717) is 28.9 Å². The van der Waals surface area contributed by atoms with E-state index < -0.39 is 0 Å². The number of rotatable bonds is 9. The topological polar surface area (TPSA) is 90.1 Å². The van der Waals surface area contributed by atoms with Crippen molar-refractivity contribution in [2.24, 2.45) is 0 Å². The van der Waals surface area contributed by atoms with Crippen LogP contribution in [0, 0.1) is 25.2 Å². The van der Waals surface area contributed by atoms with Gasteiger partial charge in [-0.2, -0.15) is 5.26 Å². The number of benzene rings is 11. The average Bonchev–Trinajstić information content (AvgIpc) is 2.06. The van der Waals surface area contributed by atoms with Crippen molar-refractivity contribution in [3.63, 3.8) is 0 Å². The Morgan fingerprint density at radius 1 is 0.306 bits per heavy atom. The van der Waals surface area contributed by atoms with Gasteiger partial charge in [-0.1, -0.05) is 187 Å². The molecule has 16 aromatic rings. The molecule has 0 spiro atoms. The van der Waals surface area contributed by atoms with E-state index in [1.54, 1.807) is 0 Å². The fourth-order valence-electron chi connectivity index (χ4n) is 12.8. The maximum Gasteiger partial charge on any atom is 0.164 e. The first kappa shape index (κ1) is 49.3. The first-order valence-corrected chi connectivity index (χ1v) is 28.6. The number of fused-ring (bicyclic) bond motifs is 9. The highest BCUT2D eigenvalue weighted by molar-refractivity contribution is 6.12. The van der Waals surface area contributed by atoms with Gasteiger partial charge >= 0.3 is 0 Å². The van der Waals surface area contributed by atoms with Crippen molar-refractivity contribution in [3.05, 3.63) is 284 Å². The van der Waals surface area contributed by atoms with Crippen molar-refractivity contribution in [2.45, 2.75) is 13.8 Å². The molecule has 0 N–H and O–H groups in total. The minimum atomic E-state index is 0.540. The first-order valence-electron chi connectivity index (χ1n) is 28.6. The third-order valence-electron chi connectivity index (χ3n) is 16.7. The summed E-state index contributed by atoms with van der Waals surface area (Å²) in [4.78, 5) is 21.7. The van der Waals surface area contributed by atoms with Crippen LogP contribution in [0.3, 0.4) is 0 Å². The summed E-state index contributed by atoms with van der Waals surface area (Å²) in [6.45, 7) is 4.31. The SMILES string of the molecule is Cc1ccc2c(c1)c1ccccc1n2-c1ccc(-c2nc(-n3c4ccccc4c4cc(C#N)ccc43)cc(-c3ccccc3-c3nc(-c4ccccc4)nc(-c4ccccc4)n3)c2-c2ccc(-n3c4ccccc4c4cc(C)ccc43)cc2)cc1. The Kier molecular flexibility index (Phi) is 11.5. The molecule has 0 radical (unpaired) electrons. The van der Waals surface area contributed by atoms with Crippen LogP contribution in [0.2, 0.25) is 0 Å². The van der Waals surface area contributed by atoms with Gasteiger partial charge in [0.05, 0.1) is 50.4 Å². The van der Waals surface area contributed by atoms with Gasteiger partial charge in [-0.15, -0.1) is 0 Å². The molecule has 0 aliphatic carbocycles. The zero-order chi connectivity index (χ0) is 56.7. The molecule has 0 aliphatic heterocycles. The van der Waals surface area contributed by atoms with Crippen LogP contribution in [0.15, 0.2) is 267 Å². The Morgan fingerprint density at radius 3 is 1.27 bits per heavy atom. The van der Waals surface area contributed by atoms with Gasteiger partial charge in [-0.25, -0.2) is 19.9 Å². The summed E-state index contributed by atoms with van der Waals surface area (Å²) in [7, 11) is 0. The number of nitriles is 1. The van der Waals surface area contributed by atoms with Gasteiger partial charge in [0.1, 0.15) is 5.82 Å². The monoisotopic (exact) mass is 1090 g/mol. The Bertz CT molecular complexity index is 5320. The van der Waals surface area contributed by atoms with Gasteiger partial charge in [0.2, 0.25) is 0 Å². The molecule has 0 fully saturated rings. The summed E-state index contributed by atoms with van der Waals surface area (Å²) < 4.78 is 6.98. The molecule has 0 aliphatic rings. The summed E-state index contributed by atoms with van der Waals surface area (Å²) in [5.74, 6) is 2.40. The predicted octanol–water partition coefficient (Wildman–Crippen LogP) is 19.0. The number of nitrogens with zero attached hydrogens (tertiary/aromatic N) is 8. The van der Waals surface area contributed by atoms with Crippen LogP contribution in [0.25, 0.3) is 150 Å². The summed E-state index contributed by atoms with van der Waals surface area (Å²) in [5.41, 5.74) is 19.7. The largest absolute Gasteiger partial charge is 0.309 e. The van der Waals surface area contributed by atoms with Crippen LogP contribution < -0.4 is 0 Å². The molecule has 16 rings (SSSR count). The van der Waals surface area contributed by atoms with Crippen molar-refractivity contribution >= 4 is 65.4 Å². The van der Waals surface area contributed by atoms with Gasteiger partial charge < -0.3 is 9.13 Å². The lowest BCUT2D eigenvalue weighted by Crippen LogP contribution is -2.05. The second kappa shape index (κ2) is 19.9. The number of hydrogen-bond acceptors (Lipinski definition) is 5. The maximum atomic E-state index is 10.2. The standard InChI is InChI=1S/C77H50N8/c1-48-29-40-69-62(43-48)58-22-11-14-26-66(58)83(69)55-36-32-51(33-37-55)73-65(57-21-9-10-25-61(57)77-81-75(53-17-5-3-6-18-53)80-76(82-77)54-19-7-4-8-20-54)46-72(85-68-28-16-13-24-60(68)64-45-50(47-78)31-42-71(64)85)79-74(73)52-34-38-56(39-35-52)84-67-27-15-12-23-59(67)63-44-49(2)30-41-70(63)84/h3-46H,1-2H3. The Morgan fingerprint density at radius 2 is 0.729 bits per heavy atom. The summed E-state index contributed by atoms with van der Waals surface area (Å²) >= 11 is 0. The van der Waals surface area contributed by atoms with Crippen LogP contribution in [0.4, 0.5) is 0 Å². The van der Waals surface area contributed by atoms with Gasteiger partial charge in [-0.05, 0) is 122 Å². The smallest absolute Gasteiger partial charge is 0.164 e. The second-order valence-electron chi connectivity index (χ2n) is 21.9. The Hall–Kier alpha value is -11.5. The molecule has 5 heterocycles. The molecule has 85 heavy (non-hydrogen) atoms. The van der Waals surface area contributed by atoms with Crippen LogP contribution in [0.1, 0.15) is 16.7 Å². The Balaban J connectivity index is 0.990. The van der Waals surface area contributed by atoms with E-state index in [9.17, 15) is 5.26 Å². The molecular weight excluding hydrogens is 1040 g/mol.